The summed E-state index contributed by atoms with van der Waals surface area (Å²) in [6.07, 6.45) is 7.36. The van der Waals surface area contributed by atoms with Crippen LogP contribution < -0.4 is 5.43 Å². The van der Waals surface area contributed by atoms with Gasteiger partial charge in [0.15, 0.2) is 5.43 Å². The molecule has 1 aromatic heterocycles. The minimum atomic E-state index is 0.0801. The Morgan fingerprint density at radius 2 is 2.33 bits per heavy atom. The van der Waals surface area contributed by atoms with Crippen molar-refractivity contribution < 1.29 is 0 Å². The quantitative estimate of drug-likeness (QED) is 0.670. The lowest BCUT2D eigenvalue weighted by Crippen LogP contribution is -1.99. The molecule has 0 atom stereocenters. The third kappa shape index (κ3) is 1.33. The van der Waals surface area contributed by atoms with Gasteiger partial charge in [-0.1, -0.05) is 6.08 Å². The van der Waals surface area contributed by atoms with Crippen LogP contribution in [0.5, 0.6) is 0 Å². The van der Waals surface area contributed by atoms with Crippen LogP contribution in [0.4, 0.5) is 0 Å². The van der Waals surface area contributed by atoms with Crippen molar-refractivity contribution in [3.63, 3.8) is 0 Å². The summed E-state index contributed by atoms with van der Waals surface area (Å²) in [5, 5.41) is 0. The number of H-pyrrole nitrogens is 1. The molecule has 62 valence electrons. The van der Waals surface area contributed by atoms with E-state index in [1.54, 1.807) is 18.3 Å². The maximum atomic E-state index is 11.0. The Hall–Kier alpha value is -1.31. The van der Waals surface area contributed by atoms with Crippen LogP contribution in [0.3, 0.4) is 0 Å². The minimum absolute atomic E-state index is 0.0801. The first-order valence-electron chi connectivity index (χ1n) is 4.24. The molecular formula is C10H11NO. The zero-order valence-electron chi connectivity index (χ0n) is 6.84. The summed E-state index contributed by atoms with van der Waals surface area (Å²) in [6, 6.07) is 3.20. The third-order valence-electron chi connectivity index (χ3n) is 2.16. The molecule has 0 saturated heterocycles. The molecule has 0 aromatic carbocycles. The van der Waals surface area contributed by atoms with Gasteiger partial charge in [-0.15, -0.1) is 0 Å². The number of pyridine rings is 1. The number of rotatable bonds is 1. The van der Waals surface area contributed by atoms with Crippen LogP contribution in [-0.4, -0.2) is 4.98 Å². The van der Waals surface area contributed by atoms with Gasteiger partial charge in [-0.25, -0.2) is 0 Å². The summed E-state index contributed by atoms with van der Waals surface area (Å²) in [5.74, 6) is 0. The fourth-order valence-electron chi connectivity index (χ4n) is 1.55. The van der Waals surface area contributed by atoms with Crippen LogP contribution in [0.25, 0.3) is 5.57 Å². The van der Waals surface area contributed by atoms with Gasteiger partial charge in [0, 0.05) is 24.0 Å². The Morgan fingerprint density at radius 1 is 1.42 bits per heavy atom. The third-order valence-corrected chi connectivity index (χ3v) is 2.16. The monoisotopic (exact) mass is 161 g/mol. The zero-order valence-corrected chi connectivity index (χ0v) is 6.84. The summed E-state index contributed by atoms with van der Waals surface area (Å²) >= 11 is 0. The largest absolute Gasteiger partial charge is 0.361 e. The molecule has 2 nitrogen and oxygen atoms in total. The molecule has 1 aliphatic carbocycles. The van der Waals surface area contributed by atoms with Crippen LogP contribution in [-0.2, 0) is 0 Å². The first-order chi connectivity index (χ1) is 5.86. The molecule has 1 N–H and O–H groups in total. The fraction of sp³-hybridized carbons (Fsp3) is 0.300. The molecule has 0 amide bonds. The lowest BCUT2D eigenvalue weighted by Gasteiger charge is -1.99. The van der Waals surface area contributed by atoms with Crippen LogP contribution in [0, 0.1) is 0 Å². The highest BCUT2D eigenvalue weighted by molar-refractivity contribution is 5.63. The molecule has 0 radical (unpaired) electrons. The standard InChI is InChI=1S/C10H11NO/c12-9-5-6-11-10(7-9)8-3-1-2-4-8/h3,5-7H,1-2,4H2,(H,11,12). The molecule has 0 saturated carbocycles. The summed E-state index contributed by atoms with van der Waals surface area (Å²) in [4.78, 5) is 14.1. The average Bonchev–Trinajstić information content (AvgIpc) is 2.56. The highest BCUT2D eigenvalue weighted by atomic mass is 16.1. The van der Waals surface area contributed by atoms with Gasteiger partial charge in [0.25, 0.3) is 0 Å². The number of aromatic amines is 1. The van der Waals surface area contributed by atoms with Crippen molar-refractivity contribution in [2.75, 3.05) is 0 Å². The van der Waals surface area contributed by atoms with Crippen molar-refractivity contribution in [2.45, 2.75) is 19.3 Å². The van der Waals surface area contributed by atoms with E-state index in [1.165, 1.54) is 12.0 Å². The molecule has 2 rings (SSSR count). The smallest absolute Gasteiger partial charge is 0.182 e. The lowest BCUT2D eigenvalue weighted by molar-refractivity contribution is 0.932. The number of hydrogen-bond acceptors (Lipinski definition) is 1. The normalized spacial score (nSPS) is 16.2. The summed E-state index contributed by atoms with van der Waals surface area (Å²) in [7, 11) is 0. The lowest BCUT2D eigenvalue weighted by atomic mass is 10.1. The second-order valence-corrected chi connectivity index (χ2v) is 3.06. The zero-order chi connectivity index (χ0) is 8.39. The molecule has 0 fully saturated rings. The molecule has 1 aromatic rings. The Labute approximate surface area is 70.9 Å². The Bertz CT molecular complexity index is 362. The second-order valence-electron chi connectivity index (χ2n) is 3.06. The Morgan fingerprint density at radius 3 is 3.00 bits per heavy atom. The average molecular weight is 161 g/mol. The van der Waals surface area contributed by atoms with Gasteiger partial charge in [-0.2, -0.15) is 0 Å². The van der Waals surface area contributed by atoms with Crippen LogP contribution in [0.2, 0.25) is 0 Å². The summed E-state index contributed by atoms with van der Waals surface area (Å²) < 4.78 is 0. The van der Waals surface area contributed by atoms with Gasteiger partial charge in [0.1, 0.15) is 0 Å². The highest BCUT2D eigenvalue weighted by Gasteiger charge is 2.06. The van der Waals surface area contributed by atoms with Crippen molar-refractivity contribution in [1.29, 1.82) is 0 Å². The van der Waals surface area contributed by atoms with E-state index in [2.05, 4.69) is 11.1 Å². The first-order valence-corrected chi connectivity index (χ1v) is 4.24. The van der Waals surface area contributed by atoms with Crippen molar-refractivity contribution in [3.8, 4) is 0 Å². The predicted molar refractivity (Wildman–Crippen MR) is 48.9 cm³/mol. The molecule has 0 aliphatic heterocycles. The van der Waals surface area contributed by atoms with E-state index in [4.69, 9.17) is 0 Å². The molecule has 0 spiro atoms. The molecule has 12 heavy (non-hydrogen) atoms. The van der Waals surface area contributed by atoms with Crippen molar-refractivity contribution in [1.82, 2.24) is 4.98 Å². The van der Waals surface area contributed by atoms with Gasteiger partial charge < -0.3 is 4.98 Å². The van der Waals surface area contributed by atoms with E-state index >= 15 is 0 Å². The maximum Gasteiger partial charge on any atom is 0.182 e. The van der Waals surface area contributed by atoms with Gasteiger partial charge in [0.05, 0.1) is 0 Å². The van der Waals surface area contributed by atoms with Crippen molar-refractivity contribution in [3.05, 3.63) is 40.3 Å². The predicted octanol–water partition coefficient (Wildman–Crippen LogP) is 1.94. The highest BCUT2D eigenvalue weighted by Crippen LogP contribution is 2.24. The van der Waals surface area contributed by atoms with Gasteiger partial charge in [-0.05, 0) is 24.8 Å². The topological polar surface area (TPSA) is 32.9 Å². The van der Waals surface area contributed by atoms with E-state index in [0.29, 0.717) is 0 Å². The second kappa shape index (κ2) is 2.97. The Kier molecular flexibility index (Phi) is 1.82. The molecule has 0 unspecified atom stereocenters. The molecule has 2 heteroatoms. The van der Waals surface area contributed by atoms with Gasteiger partial charge in [-0.3, -0.25) is 4.79 Å². The number of aromatic nitrogens is 1. The molecule has 1 aliphatic rings. The van der Waals surface area contributed by atoms with Crippen LogP contribution in [0.1, 0.15) is 25.0 Å². The van der Waals surface area contributed by atoms with Crippen molar-refractivity contribution >= 4 is 5.57 Å². The SMILES string of the molecule is O=c1cc[nH]c(C2=CCCC2)c1. The van der Waals surface area contributed by atoms with E-state index in [9.17, 15) is 4.79 Å². The molecule has 1 heterocycles. The van der Waals surface area contributed by atoms with Gasteiger partial charge in [0.2, 0.25) is 0 Å². The van der Waals surface area contributed by atoms with Crippen LogP contribution >= 0.6 is 0 Å². The van der Waals surface area contributed by atoms with E-state index in [0.717, 1.165) is 18.5 Å². The summed E-state index contributed by atoms with van der Waals surface area (Å²) in [6.45, 7) is 0. The van der Waals surface area contributed by atoms with E-state index in [1.807, 2.05) is 0 Å². The minimum Gasteiger partial charge on any atom is -0.361 e. The number of hydrogen-bond donors (Lipinski definition) is 1. The molecular weight excluding hydrogens is 150 g/mol. The van der Waals surface area contributed by atoms with Crippen molar-refractivity contribution in [2.24, 2.45) is 0 Å². The number of allylic oxidation sites excluding steroid dienone is 2. The Balaban J connectivity index is 2.39. The maximum absolute atomic E-state index is 11.0. The van der Waals surface area contributed by atoms with E-state index < -0.39 is 0 Å². The molecule has 0 bridgehead atoms. The fourth-order valence-corrected chi connectivity index (χ4v) is 1.55. The van der Waals surface area contributed by atoms with Crippen LogP contribution in [0.15, 0.2) is 29.2 Å². The van der Waals surface area contributed by atoms with E-state index in [-0.39, 0.29) is 5.43 Å². The number of nitrogens with one attached hydrogen (secondary N) is 1. The first kappa shape index (κ1) is 7.35. The summed E-state index contributed by atoms with van der Waals surface area (Å²) in [5.41, 5.74) is 2.35. The van der Waals surface area contributed by atoms with Gasteiger partial charge >= 0.3 is 0 Å².